The SMILES string of the molecule is CCOC(=O)c1ccccc1NC(=O)CNc1ccc(C)c(C)c1S(C)(=O)=O. The van der Waals surface area contributed by atoms with Crippen LogP contribution in [0.2, 0.25) is 0 Å². The first-order valence-electron chi connectivity index (χ1n) is 8.75. The maximum Gasteiger partial charge on any atom is 0.340 e. The summed E-state index contributed by atoms with van der Waals surface area (Å²) in [5.74, 6) is -0.950. The number of ether oxygens (including phenoxy) is 1. The molecule has 150 valence electrons. The van der Waals surface area contributed by atoms with Crippen molar-refractivity contribution in [2.24, 2.45) is 0 Å². The monoisotopic (exact) mass is 404 g/mol. The van der Waals surface area contributed by atoms with Crippen LogP contribution in [0.1, 0.15) is 28.4 Å². The molecular weight excluding hydrogens is 380 g/mol. The Kier molecular flexibility index (Phi) is 6.80. The zero-order valence-electron chi connectivity index (χ0n) is 16.3. The number of carbonyl (C=O) groups excluding carboxylic acids is 2. The molecule has 0 aromatic heterocycles. The van der Waals surface area contributed by atoms with E-state index in [9.17, 15) is 18.0 Å². The molecule has 0 aliphatic carbocycles. The fraction of sp³-hybridized carbons (Fsp3) is 0.300. The molecule has 2 rings (SSSR count). The van der Waals surface area contributed by atoms with Crippen LogP contribution >= 0.6 is 0 Å². The highest BCUT2D eigenvalue weighted by atomic mass is 32.2. The minimum absolute atomic E-state index is 0.165. The Morgan fingerprint density at radius 2 is 1.71 bits per heavy atom. The lowest BCUT2D eigenvalue weighted by atomic mass is 10.1. The lowest BCUT2D eigenvalue weighted by Crippen LogP contribution is -2.24. The molecule has 28 heavy (non-hydrogen) atoms. The fourth-order valence-electron chi connectivity index (χ4n) is 2.76. The highest BCUT2D eigenvalue weighted by Gasteiger charge is 2.19. The zero-order valence-corrected chi connectivity index (χ0v) is 17.1. The van der Waals surface area contributed by atoms with E-state index in [1.165, 1.54) is 0 Å². The van der Waals surface area contributed by atoms with Crippen molar-refractivity contribution in [3.63, 3.8) is 0 Å². The number of carbonyl (C=O) groups is 2. The molecule has 0 aliphatic heterocycles. The molecule has 0 bridgehead atoms. The van der Waals surface area contributed by atoms with Crippen LogP contribution in [0.4, 0.5) is 11.4 Å². The summed E-state index contributed by atoms with van der Waals surface area (Å²) in [6, 6.07) is 9.96. The normalized spacial score (nSPS) is 11.0. The molecule has 0 heterocycles. The van der Waals surface area contributed by atoms with E-state index in [-0.39, 0.29) is 23.6 Å². The third-order valence-electron chi connectivity index (χ3n) is 4.18. The Bertz CT molecular complexity index is 1000. The van der Waals surface area contributed by atoms with Gasteiger partial charge in [-0.05, 0) is 50.1 Å². The van der Waals surface area contributed by atoms with Crippen LogP contribution in [0, 0.1) is 13.8 Å². The summed E-state index contributed by atoms with van der Waals surface area (Å²) < 4.78 is 29.3. The molecule has 8 heteroatoms. The number of esters is 1. The zero-order chi connectivity index (χ0) is 20.9. The predicted octanol–water partition coefficient (Wildman–Crippen LogP) is 2.93. The van der Waals surface area contributed by atoms with Crippen LogP contribution < -0.4 is 10.6 Å². The third kappa shape index (κ3) is 5.10. The number of amides is 1. The fourth-order valence-corrected chi connectivity index (χ4v) is 4.01. The molecule has 0 radical (unpaired) electrons. The summed E-state index contributed by atoms with van der Waals surface area (Å²) in [6.45, 7) is 5.32. The number of para-hydroxylation sites is 1. The topological polar surface area (TPSA) is 102 Å². The van der Waals surface area contributed by atoms with Crippen LogP contribution in [-0.4, -0.2) is 39.7 Å². The molecule has 2 N–H and O–H groups in total. The molecule has 0 saturated carbocycles. The van der Waals surface area contributed by atoms with Gasteiger partial charge < -0.3 is 15.4 Å². The summed E-state index contributed by atoms with van der Waals surface area (Å²) in [5, 5.41) is 5.53. The second-order valence-electron chi connectivity index (χ2n) is 6.32. The maximum absolute atomic E-state index is 12.4. The quantitative estimate of drug-likeness (QED) is 0.688. The highest BCUT2D eigenvalue weighted by Crippen LogP contribution is 2.27. The van der Waals surface area contributed by atoms with Crippen molar-refractivity contribution in [1.82, 2.24) is 0 Å². The first-order chi connectivity index (χ1) is 13.1. The number of rotatable bonds is 7. The Morgan fingerprint density at radius 1 is 1.04 bits per heavy atom. The van der Waals surface area contributed by atoms with Crippen molar-refractivity contribution in [1.29, 1.82) is 0 Å². The van der Waals surface area contributed by atoms with Gasteiger partial charge in [-0.3, -0.25) is 4.79 Å². The van der Waals surface area contributed by atoms with Crippen molar-refractivity contribution in [3.05, 3.63) is 53.1 Å². The predicted molar refractivity (Wildman–Crippen MR) is 109 cm³/mol. The first kappa shape index (κ1) is 21.4. The standard InChI is InChI=1S/C20H24N2O5S/c1-5-27-20(24)15-8-6-7-9-16(15)22-18(23)12-21-17-11-10-13(2)14(3)19(17)28(4,25)26/h6-11,21H,5,12H2,1-4H3,(H,22,23). The number of benzene rings is 2. The average molecular weight is 404 g/mol. The van der Waals surface area contributed by atoms with Gasteiger partial charge in [0.05, 0.1) is 35.0 Å². The van der Waals surface area contributed by atoms with Gasteiger partial charge in [0, 0.05) is 6.26 Å². The van der Waals surface area contributed by atoms with Crippen LogP contribution in [0.3, 0.4) is 0 Å². The van der Waals surface area contributed by atoms with Crippen LogP contribution in [-0.2, 0) is 19.4 Å². The number of anilines is 2. The van der Waals surface area contributed by atoms with Gasteiger partial charge in [-0.2, -0.15) is 0 Å². The van der Waals surface area contributed by atoms with Gasteiger partial charge in [-0.15, -0.1) is 0 Å². The number of nitrogens with one attached hydrogen (secondary N) is 2. The lowest BCUT2D eigenvalue weighted by molar-refractivity contribution is -0.114. The van der Waals surface area contributed by atoms with E-state index in [2.05, 4.69) is 10.6 Å². The molecule has 1 amide bonds. The van der Waals surface area contributed by atoms with E-state index < -0.39 is 21.7 Å². The molecule has 0 saturated heterocycles. The Balaban J connectivity index is 2.17. The van der Waals surface area contributed by atoms with Crippen molar-refractivity contribution < 1.29 is 22.7 Å². The maximum atomic E-state index is 12.4. The van der Waals surface area contributed by atoms with Gasteiger partial charge in [0.2, 0.25) is 5.91 Å². The Labute approximate surface area is 165 Å². The molecule has 0 spiro atoms. The van der Waals surface area contributed by atoms with E-state index >= 15 is 0 Å². The molecular formula is C20H24N2O5S. The molecule has 0 fully saturated rings. The largest absolute Gasteiger partial charge is 0.462 e. The number of sulfone groups is 1. The minimum Gasteiger partial charge on any atom is -0.462 e. The van der Waals surface area contributed by atoms with Gasteiger partial charge >= 0.3 is 5.97 Å². The molecule has 7 nitrogen and oxygen atoms in total. The Hall–Kier alpha value is -2.87. The van der Waals surface area contributed by atoms with Crippen molar-refractivity contribution in [3.8, 4) is 0 Å². The highest BCUT2D eigenvalue weighted by molar-refractivity contribution is 7.91. The summed E-state index contributed by atoms with van der Waals surface area (Å²) in [4.78, 5) is 24.5. The van der Waals surface area contributed by atoms with E-state index in [0.717, 1.165) is 11.8 Å². The Morgan fingerprint density at radius 3 is 2.36 bits per heavy atom. The van der Waals surface area contributed by atoms with Crippen LogP contribution in [0.25, 0.3) is 0 Å². The van der Waals surface area contributed by atoms with Gasteiger partial charge in [-0.1, -0.05) is 18.2 Å². The minimum atomic E-state index is -3.47. The van der Waals surface area contributed by atoms with Crippen molar-refractivity contribution >= 4 is 33.1 Å². The second-order valence-corrected chi connectivity index (χ2v) is 8.28. The molecule has 0 aliphatic rings. The second kappa shape index (κ2) is 8.88. The van der Waals surface area contributed by atoms with E-state index in [1.807, 2.05) is 6.92 Å². The number of hydrogen-bond donors (Lipinski definition) is 2. The van der Waals surface area contributed by atoms with Crippen molar-refractivity contribution in [2.75, 3.05) is 30.0 Å². The van der Waals surface area contributed by atoms with Gasteiger partial charge in [0.15, 0.2) is 9.84 Å². The van der Waals surface area contributed by atoms with Gasteiger partial charge in [0.25, 0.3) is 0 Å². The number of aryl methyl sites for hydroxylation is 1. The molecule has 0 unspecified atom stereocenters. The van der Waals surface area contributed by atoms with Gasteiger partial charge in [0.1, 0.15) is 0 Å². The lowest BCUT2D eigenvalue weighted by Gasteiger charge is -2.15. The van der Waals surface area contributed by atoms with E-state index in [1.54, 1.807) is 50.2 Å². The van der Waals surface area contributed by atoms with Crippen molar-refractivity contribution in [2.45, 2.75) is 25.7 Å². The summed E-state index contributed by atoms with van der Waals surface area (Å²) in [5.41, 5.74) is 2.43. The van der Waals surface area contributed by atoms with E-state index in [0.29, 0.717) is 16.9 Å². The number of hydrogen-bond acceptors (Lipinski definition) is 6. The molecule has 2 aromatic carbocycles. The van der Waals surface area contributed by atoms with Crippen LogP contribution in [0.15, 0.2) is 41.3 Å². The van der Waals surface area contributed by atoms with Crippen LogP contribution in [0.5, 0.6) is 0 Å². The molecule has 0 atom stereocenters. The van der Waals surface area contributed by atoms with Gasteiger partial charge in [-0.25, -0.2) is 13.2 Å². The smallest absolute Gasteiger partial charge is 0.340 e. The third-order valence-corrected chi connectivity index (χ3v) is 5.45. The first-order valence-corrected chi connectivity index (χ1v) is 10.6. The average Bonchev–Trinajstić information content (AvgIpc) is 2.62. The summed E-state index contributed by atoms with van der Waals surface area (Å²) in [7, 11) is -3.47. The summed E-state index contributed by atoms with van der Waals surface area (Å²) in [6.07, 6.45) is 1.13. The summed E-state index contributed by atoms with van der Waals surface area (Å²) >= 11 is 0. The molecule has 2 aromatic rings. The van der Waals surface area contributed by atoms with E-state index in [4.69, 9.17) is 4.74 Å².